The van der Waals surface area contributed by atoms with Gasteiger partial charge >= 0.3 is 0 Å². The average molecular weight is 327 g/mol. The average Bonchev–Trinajstić information content (AvgIpc) is 3.20. The molecule has 0 saturated carbocycles. The number of hydrogen-bond acceptors (Lipinski definition) is 4. The Hall–Kier alpha value is -2.70. The van der Waals surface area contributed by atoms with Crippen LogP contribution in [-0.2, 0) is 29.2 Å². The fourth-order valence-corrected chi connectivity index (χ4v) is 2.89. The molecule has 0 aliphatic carbocycles. The van der Waals surface area contributed by atoms with Crippen LogP contribution in [-0.4, -0.2) is 38.0 Å². The van der Waals surface area contributed by atoms with Crippen molar-refractivity contribution in [1.82, 2.24) is 25.0 Å². The van der Waals surface area contributed by atoms with Crippen LogP contribution in [0.5, 0.6) is 0 Å². The summed E-state index contributed by atoms with van der Waals surface area (Å²) < 4.78 is 1.88. The summed E-state index contributed by atoms with van der Waals surface area (Å²) in [5.41, 5.74) is 1.07. The molecule has 0 unspecified atom stereocenters. The Bertz CT molecular complexity index is 713. The maximum absolute atomic E-state index is 12.3. The summed E-state index contributed by atoms with van der Waals surface area (Å²) in [5.74, 6) is 0.329. The standard InChI is InChI=1S/C17H21N5O2/c1-2-21-12-19-20-15(21)9-18-17(24)14-8-16(23)22(11-14)10-13-6-4-3-5-7-13/h3-7,12,14H,2,8-11H2,1H3,(H,18,24)/t14-/m0/s1. The molecular formula is C17H21N5O2. The lowest BCUT2D eigenvalue weighted by atomic mass is 10.1. The first-order valence-corrected chi connectivity index (χ1v) is 8.13. The van der Waals surface area contributed by atoms with Gasteiger partial charge in [-0.3, -0.25) is 9.59 Å². The van der Waals surface area contributed by atoms with Crippen LogP contribution in [0.15, 0.2) is 36.7 Å². The highest BCUT2D eigenvalue weighted by Crippen LogP contribution is 2.20. The lowest BCUT2D eigenvalue weighted by Gasteiger charge is -2.16. The fourth-order valence-electron chi connectivity index (χ4n) is 2.89. The SMILES string of the molecule is CCn1cnnc1CNC(=O)[C@H]1CC(=O)N(Cc2ccccc2)C1. The normalized spacial score (nSPS) is 17.3. The topological polar surface area (TPSA) is 80.1 Å². The van der Waals surface area contributed by atoms with Crippen molar-refractivity contribution in [2.75, 3.05) is 6.54 Å². The smallest absolute Gasteiger partial charge is 0.225 e. The molecule has 0 bridgehead atoms. The minimum atomic E-state index is -0.306. The molecule has 1 N–H and O–H groups in total. The quantitative estimate of drug-likeness (QED) is 0.857. The second-order valence-corrected chi connectivity index (χ2v) is 5.91. The first-order chi connectivity index (χ1) is 11.7. The van der Waals surface area contributed by atoms with Crippen molar-refractivity contribution < 1.29 is 9.59 Å². The first kappa shape index (κ1) is 16.2. The van der Waals surface area contributed by atoms with E-state index in [-0.39, 0.29) is 24.2 Å². The van der Waals surface area contributed by atoms with Crippen LogP contribution in [0.2, 0.25) is 0 Å². The number of amides is 2. The molecule has 1 saturated heterocycles. The maximum atomic E-state index is 12.3. The van der Waals surface area contributed by atoms with E-state index < -0.39 is 0 Å². The number of benzene rings is 1. The fraction of sp³-hybridized carbons (Fsp3) is 0.412. The van der Waals surface area contributed by atoms with Crippen LogP contribution in [0.4, 0.5) is 0 Å². The molecule has 1 fully saturated rings. The lowest BCUT2D eigenvalue weighted by molar-refractivity contribution is -0.129. The summed E-state index contributed by atoms with van der Waals surface area (Å²) in [6.07, 6.45) is 1.90. The molecule has 3 rings (SSSR count). The van der Waals surface area contributed by atoms with Crippen molar-refractivity contribution in [3.8, 4) is 0 Å². The van der Waals surface area contributed by atoms with Gasteiger partial charge < -0.3 is 14.8 Å². The number of hydrogen-bond donors (Lipinski definition) is 1. The van der Waals surface area contributed by atoms with Gasteiger partial charge in [0.25, 0.3) is 0 Å². The number of nitrogens with one attached hydrogen (secondary N) is 1. The molecule has 2 amide bonds. The summed E-state index contributed by atoms with van der Waals surface area (Å²) in [4.78, 5) is 26.2. The second kappa shape index (κ2) is 7.25. The number of carbonyl (C=O) groups is 2. The Labute approximate surface area is 140 Å². The van der Waals surface area contributed by atoms with Gasteiger partial charge in [-0.25, -0.2) is 0 Å². The van der Waals surface area contributed by atoms with Crippen LogP contribution in [0.3, 0.4) is 0 Å². The zero-order valence-electron chi connectivity index (χ0n) is 13.7. The van der Waals surface area contributed by atoms with Gasteiger partial charge in [-0.15, -0.1) is 10.2 Å². The zero-order valence-corrected chi connectivity index (χ0v) is 13.7. The van der Waals surface area contributed by atoms with Crippen LogP contribution in [0, 0.1) is 5.92 Å². The summed E-state index contributed by atoms with van der Waals surface area (Å²) in [6, 6.07) is 9.81. The van der Waals surface area contributed by atoms with Crippen LogP contribution in [0.25, 0.3) is 0 Å². The van der Waals surface area contributed by atoms with Gasteiger partial charge in [0.05, 0.1) is 12.5 Å². The molecule has 2 aromatic rings. The van der Waals surface area contributed by atoms with E-state index in [1.54, 1.807) is 11.2 Å². The first-order valence-electron chi connectivity index (χ1n) is 8.13. The van der Waals surface area contributed by atoms with E-state index in [1.807, 2.05) is 41.8 Å². The molecule has 126 valence electrons. The van der Waals surface area contributed by atoms with Crippen molar-refractivity contribution in [1.29, 1.82) is 0 Å². The zero-order chi connectivity index (χ0) is 16.9. The van der Waals surface area contributed by atoms with Crippen LogP contribution >= 0.6 is 0 Å². The Morgan fingerprint density at radius 2 is 2.12 bits per heavy atom. The third kappa shape index (κ3) is 3.61. The highest BCUT2D eigenvalue weighted by atomic mass is 16.2. The van der Waals surface area contributed by atoms with Crippen molar-refractivity contribution in [2.45, 2.75) is 33.0 Å². The molecule has 1 aromatic heterocycles. The van der Waals surface area contributed by atoms with E-state index >= 15 is 0 Å². The molecule has 1 aliphatic heterocycles. The molecule has 0 spiro atoms. The van der Waals surface area contributed by atoms with Gasteiger partial charge in [0, 0.05) is 26.1 Å². The van der Waals surface area contributed by atoms with Crippen molar-refractivity contribution >= 4 is 11.8 Å². The molecule has 0 radical (unpaired) electrons. The summed E-state index contributed by atoms with van der Waals surface area (Å²) >= 11 is 0. The van der Waals surface area contributed by atoms with Gasteiger partial charge in [0.15, 0.2) is 5.82 Å². The molecule has 7 heteroatoms. The Morgan fingerprint density at radius 1 is 1.33 bits per heavy atom. The molecule has 1 aromatic carbocycles. The molecule has 1 atom stereocenters. The van der Waals surface area contributed by atoms with Gasteiger partial charge in [0.2, 0.25) is 11.8 Å². The second-order valence-electron chi connectivity index (χ2n) is 5.91. The number of carbonyl (C=O) groups excluding carboxylic acids is 2. The van der Waals surface area contributed by atoms with Crippen molar-refractivity contribution in [3.63, 3.8) is 0 Å². The van der Waals surface area contributed by atoms with E-state index in [0.29, 0.717) is 19.6 Å². The summed E-state index contributed by atoms with van der Waals surface area (Å²) in [5, 5.41) is 10.7. The molecular weight excluding hydrogens is 306 g/mol. The molecule has 2 heterocycles. The number of likely N-dealkylation sites (tertiary alicyclic amines) is 1. The van der Waals surface area contributed by atoms with Gasteiger partial charge in [-0.05, 0) is 12.5 Å². The minimum absolute atomic E-state index is 0.0238. The Balaban J connectivity index is 1.54. The lowest BCUT2D eigenvalue weighted by Crippen LogP contribution is -2.33. The summed E-state index contributed by atoms with van der Waals surface area (Å²) in [6.45, 7) is 4.08. The predicted octanol–water partition coefficient (Wildman–Crippen LogP) is 0.963. The van der Waals surface area contributed by atoms with Gasteiger partial charge in [0.1, 0.15) is 6.33 Å². The van der Waals surface area contributed by atoms with Crippen molar-refractivity contribution in [3.05, 3.63) is 48.0 Å². The van der Waals surface area contributed by atoms with E-state index in [2.05, 4.69) is 15.5 Å². The van der Waals surface area contributed by atoms with E-state index in [1.165, 1.54) is 0 Å². The highest BCUT2D eigenvalue weighted by molar-refractivity contribution is 5.89. The summed E-state index contributed by atoms with van der Waals surface area (Å²) in [7, 11) is 0. The maximum Gasteiger partial charge on any atom is 0.225 e. The third-order valence-electron chi connectivity index (χ3n) is 4.26. The highest BCUT2D eigenvalue weighted by Gasteiger charge is 2.34. The minimum Gasteiger partial charge on any atom is -0.348 e. The van der Waals surface area contributed by atoms with Crippen molar-refractivity contribution in [2.24, 2.45) is 5.92 Å². The Kier molecular flexibility index (Phi) is 4.88. The number of aryl methyl sites for hydroxylation is 1. The van der Waals surface area contributed by atoms with Gasteiger partial charge in [-0.1, -0.05) is 30.3 Å². The van der Waals surface area contributed by atoms with E-state index in [4.69, 9.17) is 0 Å². The predicted molar refractivity (Wildman–Crippen MR) is 87.5 cm³/mol. The van der Waals surface area contributed by atoms with E-state index in [0.717, 1.165) is 17.9 Å². The third-order valence-corrected chi connectivity index (χ3v) is 4.26. The van der Waals surface area contributed by atoms with E-state index in [9.17, 15) is 9.59 Å². The largest absolute Gasteiger partial charge is 0.348 e. The number of aromatic nitrogens is 3. The molecule has 1 aliphatic rings. The molecule has 24 heavy (non-hydrogen) atoms. The number of nitrogens with zero attached hydrogens (tertiary/aromatic N) is 4. The van der Waals surface area contributed by atoms with Crippen LogP contribution < -0.4 is 5.32 Å². The Morgan fingerprint density at radius 3 is 2.88 bits per heavy atom. The van der Waals surface area contributed by atoms with Gasteiger partial charge in [-0.2, -0.15) is 0 Å². The number of rotatable bonds is 6. The molecule has 7 nitrogen and oxygen atoms in total. The monoisotopic (exact) mass is 327 g/mol. The van der Waals surface area contributed by atoms with Crippen LogP contribution in [0.1, 0.15) is 24.7 Å².